The summed E-state index contributed by atoms with van der Waals surface area (Å²) in [6.07, 6.45) is 8.18. The van der Waals surface area contributed by atoms with E-state index >= 15 is 0 Å². The zero-order valence-corrected chi connectivity index (χ0v) is 13.7. The van der Waals surface area contributed by atoms with Crippen LogP contribution in [0.15, 0.2) is 24.3 Å². The van der Waals surface area contributed by atoms with Crippen molar-refractivity contribution in [3.05, 3.63) is 35.4 Å². The Morgan fingerprint density at radius 2 is 1.65 bits per heavy atom. The van der Waals surface area contributed by atoms with Gasteiger partial charge < -0.3 is 5.32 Å². The molecule has 4 saturated carbocycles. The molecule has 0 aromatic heterocycles. The zero-order valence-electron chi connectivity index (χ0n) is 13.7. The molecule has 0 radical (unpaired) electrons. The summed E-state index contributed by atoms with van der Waals surface area (Å²) in [5, 5.41) is 12.1. The van der Waals surface area contributed by atoms with Gasteiger partial charge in [-0.3, -0.25) is 4.79 Å². The highest BCUT2D eigenvalue weighted by Crippen LogP contribution is 2.61. The second kappa shape index (κ2) is 5.37. The van der Waals surface area contributed by atoms with Crippen LogP contribution in [-0.2, 0) is 0 Å². The molecule has 1 atom stereocenters. The minimum atomic E-state index is -0.00210. The maximum absolute atomic E-state index is 12.6. The lowest BCUT2D eigenvalue weighted by atomic mass is 9.48. The second-order valence-corrected chi connectivity index (χ2v) is 8.16. The lowest BCUT2D eigenvalue weighted by molar-refractivity contribution is -0.0688. The van der Waals surface area contributed by atoms with Crippen molar-refractivity contribution in [2.24, 2.45) is 23.2 Å². The summed E-state index contributed by atoms with van der Waals surface area (Å²) in [7, 11) is 0. The number of hydrogen-bond acceptors (Lipinski definition) is 2. The molecular weight excluding hydrogens is 284 g/mol. The van der Waals surface area contributed by atoms with Crippen molar-refractivity contribution in [1.82, 2.24) is 5.32 Å². The molecule has 5 rings (SSSR count). The predicted molar refractivity (Wildman–Crippen MR) is 88.7 cm³/mol. The van der Waals surface area contributed by atoms with Crippen LogP contribution in [0.2, 0.25) is 0 Å². The molecule has 0 saturated heterocycles. The molecule has 0 aliphatic heterocycles. The standard InChI is InChI=1S/C20H24N2O/c1-13(22-19(23)18-4-2-14(12-21)3-5-18)20-9-15-6-16(10-20)8-17(7-15)11-20/h2-5,13,15-17H,6-11H2,1H3,(H,22,23)/t13-,15?,16?,17?,20?/m1/s1. The molecule has 4 bridgehead atoms. The Hall–Kier alpha value is -1.82. The Morgan fingerprint density at radius 1 is 1.13 bits per heavy atom. The molecular formula is C20H24N2O. The van der Waals surface area contributed by atoms with E-state index in [2.05, 4.69) is 18.3 Å². The third-order valence-electron chi connectivity index (χ3n) is 6.63. The van der Waals surface area contributed by atoms with Crippen LogP contribution in [0.4, 0.5) is 0 Å². The van der Waals surface area contributed by atoms with Gasteiger partial charge in [-0.15, -0.1) is 0 Å². The molecule has 23 heavy (non-hydrogen) atoms. The molecule has 0 unspecified atom stereocenters. The van der Waals surface area contributed by atoms with E-state index in [1.807, 2.05) is 0 Å². The van der Waals surface area contributed by atoms with Gasteiger partial charge in [-0.1, -0.05) is 0 Å². The largest absolute Gasteiger partial charge is 0.349 e. The van der Waals surface area contributed by atoms with Crippen molar-refractivity contribution in [3.8, 4) is 6.07 Å². The van der Waals surface area contributed by atoms with Crippen LogP contribution in [0.25, 0.3) is 0 Å². The molecule has 1 N–H and O–H groups in total. The first-order valence-electron chi connectivity index (χ1n) is 8.89. The van der Waals surface area contributed by atoms with Crippen LogP contribution >= 0.6 is 0 Å². The molecule has 0 spiro atoms. The maximum atomic E-state index is 12.6. The first kappa shape index (κ1) is 14.8. The van der Waals surface area contributed by atoms with Gasteiger partial charge in [-0.2, -0.15) is 5.26 Å². The van der Waals surface area contributed by atoms with E-state index in [9.17, 15) is 4.79 Å². The first-order valence-corrected chi connectivity index (χ1v) is 8.89. The van der Waals surface area contributed by atoms with E-state index < -0.39 is 0 Å². The lowest BCUT2D eigenvalue weighted by Gasteiger charge is -2.59. The van der Waals surface area contributed by atoms with Crippen molar-refractivity contribution in [2.45, 2.75) is 51.5 Å². The van der Waals surface area contributed by atoms with Gasteiger partial charge in [0.1, 0.15) is 0 Å². The number of nitriles is 1. The third kappa shape index (κ3) is 2.55. The fourth-order valence-electron chi connectivity index (χ4n) is 5.84. The molecule has 0 heterocycles. The summed E-state index contributed by atoms with van der Waals surface area (Å²) >= 11 is 0. The molecule has 1 aromatic carbocycles. The summed E-state index contributed by atoms with van der Waals surface area (Å²) in [6.45, 7) is 2.20. The van der Waals surface area contributed by atoms with Crippen LogP contribution in [0.1, 0.15) is 61.4 Å². The van der Waals surface area contributed by atoms with Crippen molar-refractivity contribution >= 4 is 5.91 Å². The smallest absolute Gasteiger partial charge is 0.251 e. The van der Waals surface area contributed by atoms with Crippen molar-refractivity contribution in [1.29, 1.82) is 5.26 Å². The van der Waals surface area contributed by atoms with Gasteiger partial charge in [0.25, 0.3) is 5.91 Å². The number of amides is 1. The molecule has 1 aromatic rings. The van der Waals surface area contributed by atoms with Crippen molar-refractivity contribution in [2.75, 3.05) is 0 Å². The Morgan fingerprint density at radius 3 is 2.13 bits per heavy atom. The van der Waals surface area contributed by atoms with Gasteiger partial charge in [0.05, 0.1) is 11.6 Å². The molecule has 1 amide bonds. The fraction of sp³-hybridized carbons (Fsp3) is 0.600. The normalized spacial score (nSPS) is 35.6. The molecule has 4 aliphatic rings. The van der Waals surface area contributed by atoms with Crippen LogP contribution in [0.3, 0.4) is 0 Å². The molecule has 4 fully saturated rings. The minimum absolute atomic E-state index is 0.00210. The number of carbonyl (C=O) groups is 1. The van der Waals surface area contributed by atoms with Crippen molar-refractivity contribution < 1.29 is 4.79 Å². The fourth-order valence-corrected chi connectivity index (χ4v) is 5.84. The van der Waals surface area contributed by atoms with Crippen LogP contribution in [0, 0.1) is 34.5 Å². The van der Waals surface area contributed by atoms with E-state index in [-0.39, 0.29) is 11.9 Å². The number of nitrogens with one attached hydrogen (secondary N) is 1. The summed E-state index contributed by atoms with van der Waals surface area (Å²) in [5.74, 6) is 2.69. The number of hydrogen-bond donors (Lipinski definition) is 1. The van der Waals surface area contributed by atoms with E-state index in [1.165, 1.54) is 38.5 Å². The lowest BCUT2D eigenvalue weighted by Crippen LogP contribution is -2.55. The summed E-state index contributed by atoms with van der Waals surface area (Å²) in [5.41, 5.74) is 1.58. The van der Waals surface area contributed by atoms with Gasteiger partial charge in [-0.05, 0) is 92.9 Å². The van der Waals surface area contributed by atoms with Crippen molar-refractivity contribution in [3.63, 3.8) is 0 Å². The van der Waals surface area contributed by atoms with Gasteiger partial charge in [0.2, 0.25) is 0 Å². The first-order chi connectivity index (χ1) is 11.1. The van der Waals surface area contributed by atoms with Gasteiger partial charge in [0.15, 0.2) is 0 Å². The van der Waals surface area contributed by atoms with E-state index in [0.29, 0.717) is 16.5 Å². The summed E-state index contributed by atoms with van der Waals surface area (Å²) in [4.78, 5) is 12.6. The number of rotatable bonds is 3. The summed E-state index contributed by atoms with van der Waals surface area (Å²) in [6, 6.07) is 9.25. The molecule has 3 heteroatoms. The number of nitrogens with zero attached hydrogens (tertiary/aromatic N) is 1. The Balaban J connectivity index is 1.48. The zero-order chi connectivity index (χ0) is 16.0. The average Bonchev–Trinajstić information content (AvgIpc) is 2.53. The molecule has 3 nitrogen and oxygen atoms in total. The van der Waals surface area contributed by atoms with E-state index in [4.69, 9.17) is 5.26 Å². The molecule has 120 valence electrons. The second-order valence-electron chi connectivity index (χ2n) is 8.16. The Labute approximate surface area is 138 Å². The van der Waals surface area contributed by atoms with E-state index in [0.717, 1.165) is 17.8 Å². The maximum Gasteiger partial charge on any atom is 0.251 e. The van der Waals surface area contributed by atoms with Crippen LogP contribution in [0.5, 0.6) is 0 Å². The monoisotopic (exact) mass is 308 g/mol. The highest BCUT2D eigenvalue weighted by Gasteiger charge is 2.53. The topological polar surface area (TPSA) is 52.9 Å². The van der Waals surface area contributed by atoms with Gasteiger partial charge in [0, 0.05) is 11.6 Å². The van der Waals surface area contributed by atoms with Gasteiger partial charge >= 0.3 is 0 Å². The SMILES string of the molecule is C[C@@H](NC(=O)c1ccc(C#N)cc1)C12CC3CC(CC(C3)C1)C2. The Kier molecular flexibility index (Phi) is 3.44. The predicted octanol–water partition coefficient (Wildman–Crippen LogP) is 3.89. The number of benzene rings is 1. The van der Waals surface area contributed by atoms with Crippen LogP contribution < -0.4 is 5.32 Å². The third-order valence-corrected chi connectivity index (χ3v) is 6.63. The Bertz CT molecular complexity index is 620. The quantitative estimate of drug-likeness (QED) is 0.921. The minimum Gasteiger partial charge on any atom is -0.349 e. The van der Waals surface area contributed by atoms with Gasteiger partial charge in [-0.25, -0.2) is 0 Å². The average molecular weight is 308 g/mol. The van der Waals surface area contributed by atoms with Crippen LogP contribution in [-0.4, -0.2) is 11.9 Å². The van der Waals surface area contributed by atoms with E-state index in [1.54, 1.807) is 24.3 Å². The highest BCUT2D eigenvalue weighted by molar-refractivity contribution is 5.94. The highest BCUT2D eigenvalue weighted by atomic mass is 16.1. The molecule has 4 aliphatic carbocycles. The summed E-state index contributed by atoms with van der Waals surface area (Å²) < 4.78 is 0. The number of carbonyl (C=O) groups excluding carboxylic acids is 1.